The molecule has 4 nitrogen and oxygen atoms in total. The first-order valence-electron chi connectivity index (χ1n) is 7.44. The summed E-state index contributed by atoms with van der Waals surface area (Å²) in [6, 6.07) is 6.20. The summed E-state index contributed by atoms with van der Waals surface area (Å²) in [7, 11) is -2.89. The molecular weight excluding hydrogens is 354 g/mol. The molecule has 0 amide bonds. The fourth-order valence-electron chi connectivity index (χ4n) is 3.14. The topological polar surface area (TPSA) is 55.4 Å². The molecule has 0 radical (unpaired) electrons. The second kappa shape index (κ2) is 6.26. The van der Waals surface area contributed by atoms with Crippen LogP contribution in [0.15, 0.2) is 22.7 Å². The SMILES string of the molecule is O=S1(=O)CCC[C@H]1CN[C@@H]1CCCOc2c(Br)cccc21. The van der Waals surface area contributed by atoms with Gasteiger partial charge in [-0.25, -0.2) is 8.42 Å². The van der Waals surface area contributed by atoms with Crippen LogP contribution in [0.4, 0.5) is 0 Å². The number of hydrogen-bond acceptors (Lipinski definition) is 4. The number of nitrogens with one attached hydrogen (secondary N) is 1. The van der Waals surface area contributed by atoms with Crippen LogP contribution in [-0.4, -0.2) is 32.6 Å². The Hall–Kier alpha value is -0.590. The van der Waals surface area contributed by atoms with Crippen LogP contribution in [0.5, 0.6) is 5.75 Å². The lowest BCUT2D eigenvalue weighted by Crippen LogP contribution is -2.33. The van der Waals surface area contributed by atoms with Gasteiger partial charge >= 0.3 is 0 Å². The molecule has 2 aliphatic rings. The molecule has 1 fully saturated rings. The van der Waals surface area contributed by atoms with Crippen molar-refractivity contribution in [2.75, 3.05) is 18.9 Å². The van der Waals surface area contributed by atoms with Gasteiger partial charge in [0, 0.05) is 18.2 Å². The van der Waals surface area contributed by atoms with Crippen molar-refractivity contribution >= 4 is 25.8 Å². The minimum absolute atomic E-state index is 0.163. The Morgan fingerprint density at radius 3 is 2.90 bits per heavy atom. The number of para-hydroxylation sites is 1. The predicted octanol–water partition coefficient (Wildman–Crippen LogP) is 2.83. The molecule has 0 aliphatic carbocycles. The van der Waals surface area contributed by atoms with Crippen LogP contribution in [0.3, 0.4) is 0 Å². The van der Waals surface area contributed by atoms with Crippen molar-refractivity contribution in [2.24, 2.45) is 0 Å². The molecule has 1 saturated heterocycles. The summed E-state index contributed by atoms with van der Waals surface area (Å²) in [5, 5.41) is 3.24. The van der Waals surface area contributed by atoms with Gasteiger partial charge in [-0.3, -0.25) is 0 Å². The lowest BCUT2D eigenvalue weighted by molar-refractivity contribution is 0.313. The molecular formula is C15H20BrNO3S. The van der Waals surface area contributed by atoms with Gasteiger partial charge in [-0.05, 0) is 47.7 Å². The first kappa shape index (κ1) is 15.3. The average molecular weight is 374 g/mol. The van der Waals surface area contributed by atoms with Crippen molar-refractivity contribution in [1.29, 1.82) is 0 Å². The molecule has 1 aromatic rings. The number of ether oxygens (including phenoxy) is 1. The molecule has 6 heteroatoms. The van der Waals surface area contributed by atoms with Crippen molar-refractivity contribution in [1.82, 2.24) is 5.32 Å². The van der Waals surface area contributed by atoms with Crippen LogP contribution in [-0.2, 0) is 9.84 Å². The Balaban J connectivity index is 1.76. The Bertz CT molecular complexity index is 617. The monoisotopic (exact) mass is 373 g/mol. The largest absolute Gasteiger partial charge is 0.492 e. The molecule has 0 bridgehead atoms. The van der Waals surface area contributed by atoms with E-state index in [2.05, 4.69) is 27.3 Å². The third-order valence-corrected chi connectivity index (χ3v) is 7.21. The summed E-state index contributed by atoms with van der Waals surface area (Å²) in [4.78, 5) is 0. The van der Waals surface area contributed by atoms with E-state index in [0.717, 1.165) is 41.5 Å². The van der Waals surface area contributed by atoms with Crippen molar-refractivity contribution in [2.45, 2.75) is 37.0 Å². The lowest BCUT2D eigenvalue weighted by atomic mass is 10.0. The Kier molecular flexibility index (Phi) is 4.57. The van der Waals surface area contributed by atoms with Gasteiger partial charge in [0.05, 0.1) is 22.1 Å². The first-order chi connectivity index (χ1) is 10.1. The van der Waals surface area contributed by atoms with E-state index in [1.165, 1.54) is 0 Å². The molecule has 0 aromatic heterocycles. The van der Waals surface area contributed by atoms with Crippen molar-refractivity contribution in [3.05, 3.63) is 28.2 Å². The third-order valence-electron chi connectivity index (χ3n) is 4.31. The second-order valence-corrected chi connectivity index (χ2v) is 9.00. The average Bonchev–Trinajstić information content (AvgIpc) is 2.67. The van der Waals surface area contributed by atoms with Crippen molar-refractivity contribution in [3.8, 4) is 5.75 Å². The van der Waals surface area contributed by atoms with E-state index in [4.69, 9.17) is 4.74 Å². The molecule has 1 aromatic carbocycles. The maximum Gasteiger partial charge on any atom is 0.154 e. The van der Waals surface area contributed by atoms with Gasteiger partial charge in [-0.2, -0.15) is 0 Å². The minimum Gasteiger partial charge on any atom is -0.492 e. The van der Waals surface area contributed by atoms with Crippen LogP contribution in [0.1, 0.15) is 37.3 Å². The van der Waals surface area contributed by atoms with E-state index in [-0.39, 0.29) is 11.3 Å². The Morgan fingerprint density at radius 1 is 1.29 bits per heavy atom. The highest BCUT2D eigenvalue weighted by molar-refractivity contribution is 9.10. The minimum atomic E-state index is -2.89. The Morgan fingerprint density at radius 2 is 2.14 bits per heavy atom. The summed E-state index contributed by atoms with van der Waals surface area (Å²) in [5.41, 5.74) is 1.12. The molecule has 2 aliphatic heterocycles. The second-order valence-electron chi connectivity index (χ2n) is 5.74. The summed E-state index contributed by atoms with van der Waals surface area (Å²) in [6.45, 7) is 1.24. The van der Waals surface area contributed by atoms with Gasteiger partial charge in [0.1, 0.15) is 5.75 Å². The van der Waals surface area contributed by atoms with Crippen molar-refractivity contribution < 1.29 is 13.2 Å². The number of rotatable bonds is 3. The smallest absolute Gasteiger partial charge is 0.154 e. The van der Waals surface area contributed by atoms with E-state index in [1.54, 1.807) is 0 Å². The highest BCUT2D eigenvalue weighted by atomic mass is 79.9. The maximum atomic E-state index is 11.9. The zero-order valence-electron chi connectivity index (χ0n) is 11.8. The van der Waals surface area contributed by atoms with Gasteiger partial charge in [-0.15, -0.1) is 0 Å². The van der Waals surface area contributed by atoms with Gasteiger partial charge < -0.3 is 10.1 Å². The zero-order valence-corrected chi connectivity index (χ0v) is 14.2. The highest BCUT2D eigenvalue weighted by Gasteiger charge is 2.32. The molecule has 21 heavy (non-hydrogen) atoms. The zero-order chi connectivity index (χ0) is 14.9. The van der Waals surface area contributed by atoms with E-state index < -0.39 is 9.84 Å². The third kappa shape index (κ3) is 3.27. The van der Waals surface area contributed by atoms with Gasteiger partial charge in [-0.1, -0.05) is 12.1 Å². The summed E-state index contributed by atoms with van der Waals surface area (Å²) in [6.07, 6.45) is 3.51. The number of halogens is 1. The van der Waals surface area contributed by atoms with E-state index in [9.17, 15) is 8.42 Å². The molecule has 116 valence electrons. The summed E-state index contributed by atoms with van der Waals surface area (Å²) < 4.78 is 30.6. The molecule has 3 rings (SSSR count). The number of hydrogen-bond donors (Lipinski definition) is 1. The quantitative estimate of drug-likeness (QED) is 0.884. The molecule has 0 spiro atoms. The molecule has 0 unspecified atom stereocenters. The summed E-state index contributed by atoms with van der Waals surface area (Å²) >= 11 is 3.53. The Labute approximate surface area is 134 Å². The number of sulfone groups is 1. The van der Waals surface area contributed by atoms with E-state index >= 15 is 0 Å². The van der Waals surface area contributed by atoms with Gasteiger partial charge in [0.2, 0.25) is 0 Å². The fraction of sp³-hybridized carbons (Fsp3) is 0.600. The lowest BCUT2D eigenvalue weighted by Gasteiger charge is -2.21. The van der Waals surface area contributed by atoms with E-state index in [0.29, 0.717) is 18.9 Å². The van der Waals surface area contributed by atoms with Crippen molar-refractivity contribution in [3.63, 3.8) is 0 Å². The number of benzene rings is 1. The summed E-state index contributed by atoms with van der Waals surface area (Å²) in [5.74, 6) is 1.23. The predicted molar refractivity (Wildman–Crippen MR) is 86.4 cm³/mol. The number of fused-ring (bicyclic) bond motifs is 1. The van der Waals surface area contributed by atoms with Gasteiger partial charge in [0.15, 0.2) is 9.84 Å². The molecule has 1 N–H and O–H groups in total. The molecule has 2 atom stereocenters. The standard InChI is InChI=1S/C15H20BrNO3S/c16-13-6-1-5-12-14(7-2-8-20-15(12)13)17-10-11-4-3-9-21(11,18)19/h1,5-6,11,14,17H,2-4,7-10H2/t11-,14+/m0/s1. The fourth-order valence-corrected chi connectivity index (χ4v) is 5.42. The molecule has 0 saturated carbocycles. The van der Waals surface area contributed by atoms with Crippen LogP contribution >= 0.6 is 15.9 Å². The van der Waals surface area contributed by atoms with Crippen LogP contribution in [0, 0.1) is 0 Å². The normalized spacial score (nSPS) is 27.7. The van der Waals surface area contributed by atoms with Crippen LogP contribution < -0.4 is 10.1 Å². The van der Waals surface area contributed by atoms with E-state index in [1.807, 2.05) is 12.1 Å². The first-order valence-corrected chi connectivity index (χ1v) is 9.95. The van der Waals surface area contributed by atoms with Crippen LogP contribution in [0.25, 0.3) is 0 Å². The highest BCUT2D eigenvalue weighted by Crippen LogP contribution is 2.37. The maximum absolute atomic E-state index is 11.9. The molecule has 2 heterocycles. The van der Waals surface area contributed by atoms with Crippen LogP contribution in [0.2, 0.25) is 0 Å². The van der Waals surface area contributed by atoms with Gasteiger partial charge in [0.25, 0.3) is 0 Å².